The fraction of sp³-hybridized carbons (Fsp3) is 0.286. The van der Waals surface area contributed by atoms with E-state index in [0.29, 0.717) is 38.7 Å². The molecule has 0 unspecified atom stereocenters. The van der Waals surface area contributed by atoms with Crippen molar-refractivity contribution in [3.05, 3.63) is 89.0 Å². The molecular weight excluding hydrogens is 588 g/mol. The van der Waals surface area contributed by atoms with Crippen LogP contribution in [0.3, 0.4) is 0 Å². The van der Waals surface area contributed by atoms with Crippen molar-refractivity contribution in [1.29, 1.82) is 0 Å². The van der Waals surface area contributed by atoms with Gasteiger partial charge < -0.3 is 18.9 Å². The van der Waals surface area contributed by atoms with Crippen molar-refractivity contribution in [1.82, 2.24) is 4.57 Å². The fourth-order valence-electron chi connectivity index (χ4n) is 4.10. The molecule has 0 bridgehead atoms. The molecule has 9 nitrogen and oxygen atoms in total. The Kier molecular flexibility index (Phi) is 9.03. The third-order valence-corrected chi connectivity index (χ3v) is 7.35. The molecule has 0 amide bonds. The first-order chi connectivity index (χ1) is 18.8. The lowest BCUT2D eigenvalue weighted by Crippen LogP contribution is -2.40. The Balaban J connectivity index is 1.89. The number of carbonyl (C=O) groups excluding carboxylic acids is 2. The van der Waals surface area contributed by atoms with Crippen LogP contribution in [-0.4, -0.2) is 43.4 Å². The van der Waals surface area contributed by atoms with Crippen LogP contribution in [-0.2, 0) is 19.1 Å². The van der Waals surface area contributed by atoms with Crippen molar-refractivity contribution in [3.63, 3.8) is 0 Å². The number of aromatic nitrogens is 1. The zero-order chi connectivity index (χ0) is 28.1. The summed E-state index contributed by atoms with van der Waals surface area (Å²) in [4.78, 5) is 43.6. The third-order valence-electron chi connectivity index (χ3n) is 5.84. The zero-order valence-corrected chi connectivity index (χ0v) is 24.3. The highest BCUT2D eigenvalue weighted by molar-refractivity contribution is 9.10. The van der Waals surface area contributed by atoms with Gasteiger partial charge >= 0.3 is 11.9 Å². The van der Waals surface area contributed by atoms with Crippen LogP contribution in [0.5, 0.6) is 11.5 Å². The van der Waals surface area contributed by atoms with Gasteiger partial charge in [-0.05, 0) is 62.2 Å². The number of benzene rings is 2. The number of esters is 2. The number of hydrogen-bond acceptors (Lipinski definition) is 9. The molecule has 0 spiro atoms. The largest absolute Gasteiger partial charge is 0.490 e. The van der Waals surface area contributed by atoms with Gasteiger partial charge in [0, 0.05) is 4.47 Å². The second kappa shape index (κ2) is 12.4. The highest BCUT2D eigenvalue weighted by Crippen LogP contribution is 2.36. The molecule has 0 radical (unpaired) electrons. The van der Waals surface area contributed by atoms with Crippen LogP contribution >= 0.6 is 27.3 Å². The summed E-state index contributed by atoms with van der Waals surface area (Å²) >= 11 is 4.67. The number of allylic oxidation sites excluding steroid dienone is 1. The van der Waals surface area contributed by atoms with E-state index in [4.69, 9.17) is 14.2 Å². The van der Waals surface area contributed by atoms with Crippen LogP contribution in [0.15, 0.2) is 68.0 Å². The van der Waals surface area contributed by atoms with Crippen LogP contribution in [0, 0.1) is 0 Å². The molecule has 0 N–H and O–H groups in total. The molecule has 3 aromatic rings. The molecule has 0 aliphatic carbocycles. The van der Waals surface area contributed by atoms with Crippen molar-refractivity contribution in [2.75, 3.05) is 26.9 Å². The second-order valence-electron chi connectivity index (χ2n) is 8.36. The summed E-state index contributed by atoms with van der Waals surface area (Å²) in [6.45, 7) is 5.46. The Morgan fingerprint density at radius 1 is 1.08 bits per heavy atom. The van der Waals surface area contributed by atoms with Crippen LogP contribution < -0.4 is 24.4 Å². The van der Waals surface area contributed by atoms with E-state index in [1.165, 1.54) is 23.0 Å². The molecule has 2 heterocycles. The predicted molar refractivity (Wildman–Crippen MR) is 150 cm³/mol. The maximum absolute atomic E-state index is 13.8. The summed E-state index contributed by atoms with van der Waals surface area (Å²) in [5.74, 6) is -0.418. The molecule has 1 atom stereocenters. The highest BCUT2D eigenvalue weighted by Gasteiger charge is 2.34. The van der Waals surface area contributed by atoms with E-state index in [2.05, 4.69) is 25.7 Å². The molecule has 0 saturated carbocycles. The van der Waals surface area contributed by atoms with Gasteiger partial charge in [0.15, 0.2) is 22.9 Å². The van der Waals surface area contributed by atoms with Gasteiger partial charge in [-0.25, -0.2) is 14.6 Å². The Bertz CT molecular complexity index is 1610. The normalized spacial score (nSPS) is 14.9. The quantitative estimate of drug-likeness (QED) is 0.340. The van der Waals surface area contributed by atoms with Crippen molar-refractivity contribution in [2.24, 2.45) is 4.99 Å². The van der Waals surface area contributed by atoms with Gasteiger partial charge in [0.1, 0.15) is 0 Å². The topological polar surface area (TPSA) is 105 Å². The molecule has 1 aromatic heterocycles. The number of fused-ring (bicyclic) bond motifs is 1. The van der Waals surface area contributed by atoms with Crippen molar-refractivity contribution in [3.8, 4) is 11.5 Å². The van der Waals surface area contributed by atoms with E-state index in [1.807, 2.05) is 31.2 Å². The summed E-state index contributed by atoms with van der Waals surface area (Å²) in [7, 11) is 1.27. The lowest BCUT2D eigenvalue weighted by molar-refractivity contribution is -0.143. The summed E-state index contributed by atoms with van der Waals surface area (Å²) in [5.41, 5.74) is 1.87. The average molecular weight is 616 g/mol. The Morgan fingerprint density at radius 3 is 2.49 bits per heavy atom. The van der Waals surface area contributed by atoms with E-state index in [-0.39, 0.29) is 24.3 Å². The fourth-order valence-corrected chi connectivity index (χ4v) is 5.41. The Hall–Kier alpha value is -3.70. The van der Waals surface area contributed by atoms with Gasteiger partial charge in [-0.3, -0.25) is 9.36 Å². The lowest BCUT2D eigenvalue weighted by Gasteiger charge is -2.25. The summed E-state index contributed by atoms with van der Waals surface area (Å²) < 4.78 is 24.3. The first-order valence-corrected chi connectivity index (χ1v) is 13.8. The summed E-state index contributed by atoms with van der Waals surface area (Å²) in [6, 6.07) is 11.8. The van der Waals surface area contributed by atoms with Crippen LogP contribution in [0.25, 0.3) is 6.08 Å². The molecule has 39 heavy (non-hydrogen) atoms. The van der Waals surface area contributed by atoms with Crippen LogP contribution in [0.4, 0.5) is 0 Å². The number of carbonyl (C=O) groups is 2. The van der Waals surface area contributed by atoms with E-state index in [1.54, 1.807) is 38.1 Å². The zero-order valence-electron chi connectivity index (χ0n) is 21.9. The SMILES string of the molecule is CCOC(=O)C1=C(C)N=c2s/c(=C\c3ccc(Br)cc3)c(=O)n2[C@H]1c1ccc(OCC(=O)OC)c(OCC)c1. The molecule has 11 heteroatoms. The van der Waals surface area contributed by atoms with Crippen molar-refractivity contribution >= 4 is 45.3 Å². The van der Waals surface area contributed by atoms with E-state index >= 15 is 0 Å². The first kappa shape index (κ1) is 28.3. The van der Waals surface area contributed by atoms with Gasteiger partial charge in [0.2, 0.25) is 0 Å². The number of rotatable bonds is 9. The van der Waals surface area contributed by atoms with Gasteiger partial charge in [0.05, 0.1) is 42.2 Å². The lowest BCUT2D eigenvalue weighted by atomic mass is 9.95. The number of halogens is 1. The molecular formula is C28H27BrN2O7S. The first-order valence-electron chi connectivity index (χ1n) is 12.2. The standard InChI is InChI=1S/C28H27BrN2O7S/c1-5-36-21-14-18(9-12-20(21)38-15-23(32)35-4)25-24(27(34)37-6-2)16(3)30-28-31(25)26(33)22(39-28)13-17-7-10-19(29)11-8-17/h7-14,25H,5-6,15H2,1-4H3/b22-13-/t25-/m0/s1. The minimum Gasteiger partial charge on any atom is -0.490 e. The predicted octanol–water partition coefficient (Wildman–Crippen LogP) is 3.51. The molecule has 2 aromatic carbocycles. The molecule has 0 fully saturated rings. The number of methoxy groups -OCH3 is 1. The monoisotopic (exact) mass is 614 g/mol. The maximum Gasteiger partial charge on any atom is 0.343 e. The van der Waals surface area contributed by atoms with E-state index < -0.39 is 18.0 Å². The minimum atomic E-state index is -0.818. The molecule has 204 valence electrons. The van der Waals surface area contributed by atoms with Gasteiger partial charge in [-0.15, -0.1) is 0 Å². The van der Waals surface area contributed by atoms with Crippen LogP contribution in [0.1, 0.15) is 37.9 Å². The minimum absolute atomic E-state index is 0.167. The second-order valence-corrected chi connectivity index (χ2v) is 10.3. The molecule has 0 saturated heterocycles. The number of thiazole rings is 1. The van der Waals surface area contributed by atoms with E-state index in [0.717, 1.165) is 10.0 Å². The highest BCUT2D eigenvalue weighted by atomic mass is 79.9. The third kappa shape index (κ3) is 6.15. The number of nitrogens with zero attached hydrogens (tertiary/aromatic N) is 2. The number of hydrogen-bond donors (Lipinski definition) is 0. The molecule has 4 rings (SSSR count). The van der Waals surface area contributed by atoms with Gasteiger partial charge in [0.25, 0.3) is 5.56 Å². The van der Waals surface area contributed by atoms with Crippen molar-refractivity contribution < 1.29 is 28.5 Å². The van der Waals surface area contributed by atoms with Crippen LogP contribution in [0.2, 0.25) is 0 Å². The Morgan fingerprint density at radius 2 is 1.82 bits per heavy atom. The summed E-state index contributed by atoms with van der Waals surface area (Å²) in [5, 5.41) is 0. The number of ether oxygens (including phenoxy) is 4. The van der Waals surface area contributed by atoms with Crippen molar-refractivity contribution in [2.45, 2.75) is 26.8 Å². The Labute approximate surface area is 237 Å². The average Bonchev–Trinajstić information content (AvgIpc) is 3.22. The van der Waals surface area contributed by atoms with Gasteiger partial charge in [-0.2, -0.15) is 0 Å². The summed E-state index contributed by atoms with van der Waals surface area (Å²) in [6.07, 6.45) is 1.80. The maximum atomic E-state index is 13.8. The smallest absolute Gasteiger partial charge is 0.343 e. The molecule has 1 aliphatic heterocycles. The van der Waals surface area contributed by atoms with E-state index in [9.17, 15) is 14.4 Å². The van der Waals surface area contributed by atoms with Gasteiger partial charge in [-0.1, -0.05) is 45.5 Å². The molecule has 1 aliphatic rings.